The first-order valence-electron chi connectivity index (χ1n) is 9.18. The molecular weight excluding hydrogens is 334 g/mol. The molecule has 140 valence electrons. The number of nitrogens with one attached hydrogen (secondary N) is 1. The van der Waals surface area contributed by atoms with Crippen LogP contribution < -0.4 is 14.8 Å². The average molecular weight is 359 g/mol. The molecular formula is C20H25NO5. The van der Waals surface area contributed by atoms with E-state index in [1.807, 2.05) is 6.07 Å². The number of carbonyl (C=O) groups excluding carboxylic acids is 2. The molecule has 1 aliphatic heterocycles. The minimum atomic E-state index is -0.872. The molecule has 1 aromatic carbocycles. The second-order valence-corrected chi connectivity index (χ2v) is 6.59. The van der Waals surface area contributed by atoms with E-state index in [0.29, 0.717) is 18.0 Å². The maximum absolute atomic E-state index is 12.2. The predicted octanol–water partition coefficient (Wildman–Crippen LogP) is 2.76. The number of rotatable bonds is 6. The van der Waals surface area contributed by atoms with Gasteiger partial charge in [0.2, 0.25) is 6.10 Å². The zero-order chi connectivity index (χ0) is 18.4. The van der Waals surface area contributed by atoms with Crippen molar-refractivity contribution in [1.29, 1.82) is 0 Å². The van der Waals surface area contributed by atoms with Gasteiger partial charge in [-0.1, -0.05) is 23.8 Å². The third-order valence-corrected chi connectivity index (χ3v) is 4.56. The monoisotopic (exact) mass is 359 g/mol. The van der Waals surface area contributed by atoms with Crippen LogP contribution >= 0.6 is 0 Å². The molecule has 1 heterocycles. The van der Waals surface area contributed by atoms with Crippen LogP contribution in [0, 0.1) is 0 Å². The van der Waals surface area contributed by atoms with Crippen molar-refractivity contribution in [2.24, 2.45) is 0 Å². The van der Waals surface area contributed by atoms with Crippen LogP contribution in [0.1, 0.15) is 39.0 Å². The molecule has 0 bridgehead atoms. The molecule has 0 radical (unpaired) electrons. The summed E-state index contributed by atoms with van der Waals surface area (Å²) in [5, 5.41) is 2.82. The Morgan fingerprint density at radius 1 is 1.27 bits per heavy atom. The maximum Gasteiger partial charge on any atom is 0.351 e. The van der Waals surface area contributed by atoms with Gasteiger partial charge < -0.3 is 19.5 Å². The lowest BCUT2D eigenvalue weighted by atomic mass is 9.97. The van der Waals surface area contributed by atoms with Crippen LogP contribution in [0.5, 0.6) is 11.5 Å². The molecule has 0 fully saturated rings. The standard InChI is InChI=1S/C20H25NO5/c1-14(19(22)21-12-11-15-7-3-2-4-8-15)25-20(23)18-13-24-16-9-5-6-10-17(16)26-18/h5-7,9-10,14,18H,2-4,8,11-13H2,1H3,(H,21,22)/t14-,18+/m0/s1. The fourth-order valence-corrected chi connectivity index (χ4v) is 3.06. The van der Waals surface area contributed by atoms with Crippen molar-refractivity contribution in [3.8, 4) is 11.5 Å². The van der Waals surface area contributed by atoms with E-state index in [1.54, 1.807) is 25.1 Å². The van der Waals surface area contributed by atoms with E-state index in [4.69, 9.17) is 14.2 Å². The van der Waals surface area contributed by atoms with Gasteiger partial charge in [0, 0.05) is 6.54 Å². The van der Waals surface area contributed by atoms with E-state index >= 15 is 0 Å². The second-order valence-electron chi connectivity index (χ2n) is 6.59. The third-order valence-electron chi connectivity index (χ3n) is 4.56. The van der Waals surface area contributed by atoms with E-state index in [-0.39, 0.29) is 12.5 Å². The van der Waals surface area contributed by atoms with Gasteiger partial charge in [-0.05, 0) is 51.2 Å². The Bertz CT molecular complexity index is 685. The first-order chi connectivity index (χ1) is 12.6. The lowest BCUT2D eigenvalue weighted by Crippen LogP contribution is -2.43. The number of para-hydroxylation sites is 2. The van der Waals surface area contributed by atoms with E-state index in [0.717, 1.165) is 19.3 Å². The summed E-state index contributed by atoms with van der Waals surface area (Å²) in [5.41, 5.74) is 1.40. The summed E-state index contributed by atoms with van der Waals surface area (Å²) >= 11 is 0. The molecule has 0 saturated carbocycles. The molecule has 1 aromatic rings. The number of allylic oxidation sites excluding steroid dienone is 1. The molecule has 0 aromatic heterocycles. The van der Waals surface area contributed by atoms with E-state index < -0.39 is 18.2 Å². The number of fused-ring (bicyclic) bond motifs is 1. The maximum atomic E-state index is 12.2. The minimum absolute atomic E-state index is 0.0678. The van der Waals surface area contributed by atoms with Crippen molar-refractivity contribution in [1.82, 2.24) is 5.32 Å². The van der Waals surface area contributed by atoms with E-state index in [9.17, 15) is 9.59 Å². The number of ether oxygens (including phenoxy) is 3. The highest BCUT2D eigenvalue weighted by Gasteiger charge is 2.31. The molecule has 0 unspecified atom stereocenters. The molecule has 1 amide bonds. The summed E-state index contributed by atoms with van der Waals surface area (Å²) < 4.78 is 16.3. The van der Waals surface area contributed by atoms with Crippen molar-refractivity contribution in [3.05, 3.63) is 35.9 Å². The Hall–Kier alpha value is -2.50. The zero-order valence-electron chi connectivity index (χ0n) is 15.0. The highest BCUT2D eigenvalue weighted by atomic mass is 16.6. The predicted molar refractivity (Wildman–Crippen MR) is 96.1 cm³/mol. The Morgan fingerprint density at radius 3 is 2.85 bits per heavy atom. The lowest BCUT2D eigenvalue weighted by Gasteiger charge is -2.25. The van der Waals surface area contributed by atoms with Crippen molar-refractivity contribution < 1.29 is 23.8 Å². The van der Waals surface area contributed by atoms with Crippen molar-refractivity contribution >= 4 is 11.9 Å². The Morgan fingerprint density at radius 2 is 2.08 bits per heavy atom. The van der Waals surface area contributed by atoms with Crippen LogP contribution in [0.2, 0.25) is 0 Å². The first kappa shape index (κ1) is 18.3. The molecule has 6 nitrogen and oxygen atoms in total. The number of hydrogen-bond donors (Lipinski definition) is 1. The lowest BCUT2D eigenvalue weighted by molar-refractivity contribution is -0.163. The number of amides is 1. The van der Waals surface area contributed by atoms with Gasteiger partial charge >= 0.3 is 5.97 Å². The Balaban J connectivity index is 1.42. The van der Waals surface area contributed by atoms with Crippen LogP contribution in [0.3, 0.4) is 0 Å². The van der Waals surface area contributed by atoms with E-state index in [2.05, 4.69) is 11.4 Å². The largest absolute Gasteiger partial charge is 0.485 e. The van der Waals surface area contributed by atoms with E-state index in [1.165, 1.54) is 18.4 Å². The molecule has 1 aliphatic carbocycles. The average Bonchev–Trinajstić information content (AvgIpc) is 2.68. The molecule has 0 saturated heterocycles. The summed E-state index contributed by atoms with van der Waals surface area (Å²) in [4.78, 5) is 24.3. The number of benzene rings is 1. The number of esters is 1. The molecule has 26 heavy (non-hydrogen) atoms. The quantitative estimate of drug-likeness (QED) is 0.624. The van der Waals surface area contributed by atoms with Crippen LogP contribution in [-0.2, 0) is 14.3 Å². The van der Waals surface area contributed by atoms with Crippen molar-refractivity contribution in [2.45, 2.75) is 51.2 Å². The summed E-state index contributed by atoms with van der Waals surface area (Å²) in [7, 11) is 0. The van der Waals surface area contributed by atoms with Gasteiger partial charge in [0.05, 0.1) is 0 Å². The molecule has 0 spiro atoms. The smallest absolute Gasteiger partial charge is 0.351 e. The molecule has 2 atom stereocenters. The van der Waals surface area contributed by atoms with Crippen LogP contribution in [0.25, 0.3) is 0 Å². The Kier molecular flexibility index (Phi) is 6.15. The van der Waals surface area contributed by atoms with Crippen molar-refractivity contribution in [2.75, 3.05) is 13.2 Å². The van der Waals surface area contributed by atoms with Gasteiger partial charge in [-0.25, -0.2) is 4.79 Å². The molecule has 1 N–H and O–H groups in total. The van der Waals surface area contributed by atoms with Gasteiger partial charge in [0.1, 0.15) is 6.61 Å². The topological polar surface area (TPSA) is 73.9 Å². The first-order valence-corrected chi connectivity index (χ1v) is 9.18. The highest BCUT2D eigenvalue weighted by Crippen LogP contribution is 2.31. The molecule has 3 rings (SSSR count). The van der Waals surface area contributed by atoms with Gasteiger partial charge in [-0.3, -0.25) is 4.79 Å². The van der Waals surface area contributed by atoms with Crippen LogP contribution in [0.4, 0.5) is 0 Å². The van der Waals surface area contributed by atoms with Gasteiger partial charge in [-0.2, -0.15) is 0 Å². The highest BCUT2D eigenvalue weighted by molar-refractivity contribution is 5.84. The normalized spacial score (nSPS) is 19.9. The van der Waals surface area contributed by atoms with Crippen molar-refractivity contribution in [3.63, 3.8) is 0 Å². The van der Waals surface area contributed by atoms with Gasteiger partial charge in [0.15, 0.2) is 17.6 Å². The summed E-state index contributed by atoms with van der Waals surface area (Å²) in [6.45, 7) is 2.19. The molecule has 2 aliphatic rings. The summed E-state index contributed by atoms with van der Waals surface area (Å²) in [5.74, 6) is 0.196. The number of hydrogen-bond acceptors (Lipinski definition) is 5. The number of carbonyl (C=O) groups is 2. The SMILES string of the molecule is C[C@H](OC(=O)[C@H]1COc2ccccc2O1)C(=O)NCCC1=CCCCC1. The second kappa shape index (κ2) is 8.74. The van der Waals surface area contributed by atoms with Crippen LogP contribution in [0.15, 0.2) is 35.9 Å². The Labute approximate surface area is 153 Å². The fourth-order valence-electron chi connectivity index (χ4n) is 3.06. The summed E-state index contributed by atoms with van der Waals surface area (Å²) in [6.07, 6.45) is 6.09. The van der Waals surface area contributed by atoms with Gasteiger partial charge in [0.25, 0.3) is 5.91 Å². The zero-order valence-corrected chi connectivity index (χ0v) is 15.0. The third kappa shape index (κ3) is 4.77. The summed E-state index contributed by atoms with van der Waals surface area (Å²) in [6, 6.07) is 7.13. The van der Waals surface area contributed by atoms with Gasteiger partial charge in [-0.15, -0.1) is 0 Å². The minimum Gasteiger partial charge on any atom is -0.485 e. The fraction of sp³-hybridized carbons (Fsp3) is 0.500. The molecule has 6 heteroatoms. The van der Waals surface area contributed by atoms with Crippen LogP contribution in [-0.4, -0.2) is 37.2 Å².